The highest BCUT2D eigenvalue weighted by Gasteiger charge is 2.10. The van der Waals surface area contributed by atoms with Crippen molar-refractivity contribution in [2.75, 3.05) is 6.54 Å². The summed E-state index contributed by atoms with van der Waals surface area (Å²) in [4.78, 5) is 17.0. The van der Waals surface area contributed by atoms with Crippen molar-refractivity contribution in [3.8, 4) is 0 Å². The number of aliphatic carboxylic acids is 1. The lowest BCUT2D eigenvalue weighted by Crippen LogP contribution is -2.25. The molecule has 1 heterocycles. The first kappa shape index (κ1) is 15.7. The second-order valence-electron chi connectivity index (χ2n) is 4.85. The van der Waals surface area contributed by atoms with E-state index >= 15 is 0 Å². The van der Waals surface area contributed by atoms with E-state index in [1.807, 2.05) is 36.5 Å². The molecule has 0 saturated carbocycles. The Morgan fingerprint density at radius 2 is 1.95 bits per heavy atom. The number of nitrogens with zero attached hydrogens (tertiary/aromatic N) is 2. The molecular formula is C16H17BrN2O2. The maximum Gasteiger partial charge on any atom is 0.304 e. The third-order valence-corrected chi connectivity index (χ3v) is 3.56. The number of carboxylic acids is 1. The predicted molar refractivity (Wildman–Crippen MR) is 84.7 cm³/mol. The molecule has 1 aromatic carbocycles. The minimum Gasteiger partial charge on any atom is -0.481 e. The SMILES string of the molecule is O=C(O)CCN(Cc1cccnc1)Cc1cccc(Br)c1. The average molecular weight is 349 g/mol. The van der Waals surface area contributed by atoms with Gasteiger partial charge < -0.3 is 5.11 Å². The Hall–Kier alpha value is -1.72. The first-order chi connectivity index (χ1) is 10.1. The Labute approximate surface area is 132 Å². The summed E-state index contributed by atoms with van der Waals surface area (Å²) in [5.41, 5.74) is 2.23. The first-order valence-electron chi connectivity index (χ1n) is 6.71. The maximum absolute atomic E-state index is 10.8. The van der Waals surface area contributed by atoms with Crippen molar-refractivity contribution in [3.63, 3.8) is 0 Å². The third kappa shape index (κ3) is 5.65. The molecule has 0 radical (unpaired) electrons. The van der Waals surface area contributed by atoms with Crippen LogP contribution in [0.3, 0.4) is 0 Å². The molecule has 0 bridgehead atoms. The Bertz CT molecular complexity index is 590. The molecule has 0 spiro atoms. The summed E-state index contributed by atoms with van der Waals surface area (Å²) in [6, 6.07) is 12.0. The maximum atomic E-state index is 10.8. The van der Waals surface area contributed by atoms with E-state index in [4.69, 9.17) is 5.11 Å². The van der Waals surface area contributed by atoms with Gasteiger partial charge in [0.2, 0.25) is 0 Å². The summed E-state index contributed by atoms with van der Waals surface area (Å²) < 4.78 is 1.03. The zero-order valence-corrected chi connectivity index (χ0v) is 13.2. The number of hydrogen-bond acceptors (Lipinski definition) is 3. The molecule has 1 aromatic heterocycles. The van der Waals surface area contributed by atoms with E-state index in [-0.39, 0.29) is 6.42 Å². The molecule has 21 heavy (non-hydrogen) atoms. The van der Waals surface area contributed by atoms with E-state index in [1.54, 1.807) is 6.20 Å². The third-order valence-electron chi connectivity index (χ3n) is 3.07. The van der Waals surface area contributed by atoms with Crippen molar-refractivity contribution in [1.29, 1.82) is 0 Å². The van der Waals surface area contributed by atoms with Crippen LogP contribution in [0.4, 0.5) is 0 Å². The minimum atomic E-state index is -0.777. The fourth-order valence-electron chi connectivity index (χ4n) is 2.11. The molecule has 5 heteroatoms. The second-order valence-corrected chi connectivity index (χ2v) is 5.76. The molecule has 0 aliphatic carbocycles. The number of halogens is 1. The quantitative estimate of drug-likeness (QED) is 0.833. The number of rotatable bonds is 7. The molecule has 2 aromatic rings. The van der Waals surface area contributed by atoms with Crippen LogP contribution in [0.5, 0.6) is 0 Å². The number of aromatic nitrogens is 1. The van der Waals surface area contributed by atoms with Gasteiger partial charge in [0.05, 0.1) is 6.42 Å². The van der Waals surface area contributed by atoms with Gasteiger partial charge in [-0.2, -0.15) is 0 Å². The zero-order valence-electron chi connectivity index (χ0n) is 11.6. The minimum absolute atomic E-state index is 0.133. The van der Waals surface area contributed by atoms with Crippen molar-refractivity contribution in [3.05, 3.63) is 64.4 Å². The molecule has 0 saturated heterocycles. The fourth-order valence-corrected chi connectivity index (χ4v) is 2.56. The lowest BCUT2D eigenvalue weighted by molar-refractivity contribution is -0.137. The van der Waals surface area contributed by atoms with Crippen LogP contribution in [-0.2, 0) is 17.9 Å². The van der Waals surface area contributed by atoms with Crippen molar-refractivity contribution < 1.29 is 9.90 Å². The molecule has 0 unspecified atom stereocenters. The smallest absolute Gasteiger partial charge is 0.304 e. The van der Waals surface area contributed by atoms with Crippen molar-refractivity contribution in [2.24, 2.45) is 0 Å². The van der Waals surface area contributed by atoms with Crippen LogP contribution in [0.2, 0.25) is 0 Å². The lowest BCUT2D eigenvalue weighted by Gasteiger charge is -2.21. The molecule has 0 amide bonds. The van der Waals surface area contributed by atoms with Crippen molar-refractivity contribution in [2.45, 2.75) is 19.5 Å². The van der Waals surface area contributed by atoms with Gasteiger partial charge in [-0.25, -0.2) is 0 Å². The molecule has 0 aliphatic heterocycles. The van der Waals surface area contributed by atoms with Gasteiger partial charge in [0.1, 0.15) is 0 Å². The summed E-state index contributed by atoms with van der Waals surface area (Å²) in [6.07, 6.45) is 3.68. The molecule has 1 N–H and O–H groups in total. The monoisotopic (exact) mass is 348 g/mol. The molecule has 0 aliphatic rings. The van der Waals surface area contributed by atoms with Gasteiger partial charge in [-0.05, 0) is 29.3 Å². The molecular weight excluding hydrogens is 332 g/mol. The van der Waals surface area contributed by atoms with E-state index in [0.717, 1.165) is 15.6 Å². The van der Waals surface area contributed by atoms with E-state index < -0.39 is 5.97 Å². The Morgan fingerprint density at radius 3 is 2.62 bits per heavy atom. The van der Waals surface area contributed by atoms with Crippen LogP contribution in [0.1, 0.15) is 17.5 Å². The standard InChI is InChI=1S/C16H17BrN2O2/c17-15-5-1-3-13(9-15)11-19(8-6-16(20)21)12-14-4-2-7-18-10-14/h1-5,7,9-10H,6,8,11-12H2,(H,20,21). The van der Waals surface area contributed by atoms with Crippen LogP contribution in [0.25, 0.3) is 0 Å². The summed E-state index contributed by atoms with van der Waals surface area (Å²) in [5, 5.41) is 8.89. The predicted octanol–water partition coefficient (Wildman–Crippen LogP) is 3.32. The number of carboxylic acid groups (broad SMARTS) is 1. The summed E-state index contributed by atoms with van der Waals surface area (Å²) in [5.74, 6) is -0.777. The van der Waals surface area contributed by atoms with Crippen molar-refractivity contribution in [1.82, 2.24) is 9.88 Å². The number of hydrogen-bond donors (Lipinski definition) is 1. The largest absolute Gasteiger partial charge is 0.481 e. The van der Waals surface area contributed by atoms with Crippen molar-refractivity contribution >= 4 is 21.9 Å². The highest BCUT2D eigenvalue weighted by molar-refractivity contribution is 9.10. The van der Waals surface area contributed by atoms with Crippen LogP contribution < -0.4 is 0 Å². The van der Waals surface area contributed by atoms with E-state index in [9.17, 15) is 4.79 Å². The van der Waals surface area contributed by atoms with Gasteiger partial charge in [0.25, 0.3) is 0 Å². The molecule has 110 valence electrons. The van der Waals surface area contributed by atoms with Crippen LogP contribution >= 0.6 is 15.9 Å². The zero-order chi connectivity index (χ0) is 15.1. The van der Waals surface area contributed by atoms with Crippen LogP contribution in [0.15, 0.2) is 53.3 Å². The van der Waals surface area contributed by atoms with E-state index in [2.05, 4.69) is 31.9 Å². The van der Waals surface area contributed by atoms with Crippen LogP contribution in [-0.4, -0.2) is 27.5 Å². The van der Waals surface area contributed by atoms with Gasteiger partial charge in [-0.1, -0.05) is 34.1 Å². The number of pyridine rings is 1. The summed E-state index contributed by atoms with van der Waals surface area (Å²) in [7, 11) is 0. The van der Waals surface area contributed by atoms with Gasteiger partial charge in [0, 0.05) is 36.5 Å². The fraction of sp³-hybridized carbons (Fsp3) is 0.250. The van der Waals surface area contributed by atoms with Gasteiger partial charge in [-0.3, -0.25) is 14.7 Å². The second kappa shape index (κ2) is 7.90. The van der Waals surface area contributed by atoms with Gasteiger partial charge in [-0.15, -0.1) is 0 Å². The summed E-state index contributed by atoms with van der Waals surface area (Å²) >= 11 is 3.46. The normalized spacial score (nSPS) is 10.8. The highest BCUT2D eigenvalue weighted by Crippen LogP contribution is 2.15. The van der Waals surface area contributed by atoms with E-state index in [0.29, 0.717) is 19.6 Å². The number of carbonyl (C=O) groups is 1. The topological polar surface area (TPSA) is 53.4 Å². The van der Waals surface area contributed by atoms with Gasteiger partial charge >= 0.3 is 5.97 Å². The Balaban J connectivity index is 2.06. The van der Waals surface area contributed by atoms with Gasteiger partial charge in [0.15, 0.2) is 0 Å². The average Bonchev–Trinajstić information content (AvgIpc) is 2.46. The van der Waals surface area contributed by atoms with E-state index in [1.165, 1.54) is 0 Å². The molecule has 4 nitrogen and oxygen atoms in total. The lowest BCUT2D eigenvalue weighted by atomic mass is 10.2. The summed E-state index contributed by atoms with van der Waals surface area (Å²) in [6.45, 7) is 1.91. The molecule has 0 atom stereocenters. The molecule has 0 fully saturated rings. The number of benzene rings is 1. The molecule has 2 rings (SSSR count). The van der Waals surface area contributed by atoms with Crippen LogP contribution in [0, 0.1) is 0 Å². The Kier molecular flexibility index (Phi) is 5.90. The highest BCUT2D eigenvalue weighted by atomic mass is 79.9. The Morgan fingerprint density at radius 1 is 1.19 bits per heavy atom. The first-order valence-corrected chi connectivity index (χ1v) is 7.50.